The number of esters is 1. The number of halogens is 3. The van der Waals surface area contributed by atoms with E-state index in [1.165, 1.54) is 43.3 Å². The van der Waals surface area contributed by atoms with Gasteiger partial charge in [0.25, 0.3) is 6.47 Å². The van der Waals surface area contributed by atoms with Gasteiger partial charge < -0.3 is 24.5 Å². The predicted octanol–water partition coefficient (Wildman–Crippen LogP) is 5.43. The summed E-state index contributed by atoms with van der Waals surface area (Å²) in [6, 6.07) is 6.06. The Morgan fingerprint density at radius 1 is 1.20 bits per heavy atom. The maximum absolute atomic E-state index is 16.0. The molecule has 292 valence electrons. The van der Waals surface area contributed by atoms with Crippen LogP contribution in [-0.4, -0.2) is 106 Å². The van der Waals surface area contributed by atoms with E-state index in [-0.39, 0.29) is 58.2 Å². The van der Waals surface area contributed by atoms with Crippen LogP contribution in [0.2, 0.25) is 0 Å². The summed E-state index contributed by atoms with van der Waals surface area (Å²) in [5.74, 6) is 0.767. The number of nitrogens with one attached hydrogen (secondary N) is 1. The number of ether oxygens (including phenoxy) is 2. The van der Waals surface area contributed by atoms with E-state index in [4.69, 9.17) is 6.42 Å². The van der Waals surface area contributed by atoms with Crippen molar-refractivity contribution in [2.24, 2.45) is 0 Å². The molecule has 4 atom stereocenters. The number of aromatic amines is 1. The van der Waals surface area contributed by atoms with Gasteiger partial charge in [-0.25, -0.2) is 18.0 Å². The number of nitrogens with zero attached hydrogens (tertiary/aromatic N) is 5. The number of anilines is 1. The molecular weight excluding hydrogens is 717 g/mol. The zero-order valence-electron chi connectivity index (χ0n) is 31.1. The summed E-state index contributed by atoms with van der Waals surface area (Å²) in [4.78, 5) is 50.2. The number of terminal acetylenes is 1. The number of fused-ring (bicyclic) bond motifs is 5. The largest absolute Gasteiger partial charge is 0.508 e. The molecule has 4 saturated heterocycles. The molecule has 0 saturated carbocycles. The molecule has 0 aliphatic carbocycles. The highest BCUT2D eigenvalue weighted by Gasteiger charge is 2.44. The van der Waals surface area contributed by atoms with Crippen LogP contribution in [-0.2, 0) is 19.1 Å². The van der Waals surface area contributed by atoms with Crippen LogP contribution in [0, 0.1) is 24.0 Å². The number of phenols is 1. The van der Waals surface area contributed by atoms with E-state index in [0.717, 1.165) is 32.2 Å². The summed E-state index contributed by atoms with van der Waals surface area (Å²) in [6.45, 7) is 7.20. The maximum Gasteiger partial charge on any atom is 0.347 e. The lowest BCUT2D eigenvalue weighted by molar-refractivity contribution is -0.159. The molecule has 4 aliphatic heterocycles. The van der Waals surface area contributed by atoms with Gasteiger partial charge in [0, 0.05) is 60.8 Å². The molecule has 4 aliphatic rings. The normalized spacial score (nSPS) is 23.0. The number of benzene rings is 2. The Balaban J connectivity index is 0.000000210. The Morgan fingerprint density at radius 3 is 2.62 bits per heavy atom. The first kappa shape index (κ1) is 39.5. The number of carbonyl (C=O) groups is 2. The minimum atomic E-state index is -0.806. The topological polar surface area (TPSA) is 141 Å². The van der Waals surface area contributed by atoms with Gasteiger partial charge in [0.2, 0.25) is 6.79 Å². The first-order valence-corrected chi connectivity index (χ1v) is 18.4. The van der Waals surface area contributed by atoms with Gasteiger partial charge in [0.15, 0.2) is 5.82 Å². The molecule has 0 amide bonds. The molecule has 2 N–H and O–H groups in total. The Morgan fingerprint density at radius 2 is 1.95 bits per heavy atom. The van der Waals surface area contributed by atoms with Gasteiger partial charge >= 0.3 is 11.7 Å². The molecule has 4 aromatic rings. The summed E-state index contributed by atoms with van der Waals surface area (Å²) in [6.07, 6.45) is 12.9. The molecule has 55 heavy (non-hydrogen) atoms. The molecule has 12 nitrogen and oxygen atoms in total. The number of carbonyl (C=O) groups excluding carboxylic acids is 2. The van der Waals surface area contributed by atoms with Crippen molar-refractivity contribution in [2.45, 2.75) is 82.6 Å². The summed E-state index contributed by atoms with van der Waals surface area (Å²) in [5, 5.41) is 11.3. The van der Waals surface area contributed by atoms with Gasteiger partial charge in [-0.05, 0) is 82.6 Å². The monoisotopic (exact) mass is 762 g/mol. The van der Waals surface area contributed by atoms with Gasteiger partial charge in [-0.2, -0.15) is 4.98 Å². The van der Waals surface area contributed by atoms with Crippen LogP contribution in [0.25, 0.3) is 32.9 Å². The second-order valence-corrected chi connectivity index (χ2v) is 14.7. The fourth-order valence-electron chi connectivity index (χ4n) is 8.34. The number of H-pyrrole nitrogens is 1. The molecule has 2 bridgehead atoms. The second-order valence-electron chi connectivity index (χ2n) is 14.7. The summed E-state index contributed by atoms with van der Waals surface area (Å²) >= 11 is 0. The number of hydrogen-bond acceptors (Lipinski definition) is 11. The third kappa shape index (κ3) is 8.25. The number of aromatic nitrogens is 3. The molecule has 2 aromatic heterocycles. The van der Waals surface area contributed by atoms with Gasteiger partial charge in [-0.3, -0.25) is 24.4 Å². The smallest absolute Gasteiger partial charge is 0.347 e. The highest BCUT2D eigenvalue weighted by Crippen LogP contribution is 2.40. The van der Waals surface area contributed by atoms with Crippen molar-refractivity contribution in [2.75, 3.05) is 44.9 Å². The Kier molecular flexibility index (Phi) is 12.0. The molecule has 6 heterocycles. The van der Waals surface area contributed by atoms with E-state index >= 15 is 4.39 Å². The summed E-state index contributed by atoms with van der Waals surface area (Å²) in [7, 11) is 2.10. The van der Waals surface area contributed by atoms with Gasteiger partial charge in [0.05, 0.1) is 16.5 Å². The minimum absolute atomic E-state index is 0.0496. The van der Waals surface area contributed by atoms with Crippen molar-refractivity contribution in [3.63, 3.8) is 0 Å². The average Bonchev–Trinajstić information content (AvgIpc) is 3.70. The predicted molar refractivity (Wildman–Crippen MR) is 201 cm³/mol. The zero-order valence-corrected chi connectivity index (χ0v) is 31.1. The molecular formula is C40H45F3N6O6. The number of pyridine rings is 1. The summed E-state index contributed by atoms with van der Waals surface area (Å²) in [5.41, 5.74) is -0.581. The molecule has 2 unspecified atom stereocenters. The fraction of sp³-hybridized carbons (Fsp3) is 0.475. The Labute approximate surface area is 316 Å². The van der Waals surface area contributed by atoms with E-state index in [1.807, 2.05) is 11.8 Å². The van der Waals surface area contributed by atoms with Crippen LogP contribution in [0.15, 0.2) is 35.3 Å². The SMILES string of the molecule is C#Cc1c(F)ccc2cc(O)cc(-c3ncc4c(N5CC6CCC(C5)N6C)nc(=O)[nH]c4c3F)c12.CCCC(=O)OCOC=O.C[C@@]12CCCN1C[C@H](F)C2. The molecule has 8 rings (SSSR count). The van der Waals surface area contributed by atoms with Crippen LogP contribution in [0.5, 0.6) is 5.75 Å². The number of hydrogen-bond donors (Lipinski definition) is 2. The number of likely N-dealkylation sites (N-methyl/N-ethyl adjacent to an activating group) is 1. The van der Waals surface area contributed by atoms with Crippen LogP contribution < -0.4 is 10.6 Å². The Bertz CT molecular complexity index is 2160. The van der Waals surface area contributed by atoms with Crippen LogP contribution in [0.4, 0.5) is 19.0 Å². The highest BCUT2D eigenvalue weighted by molar-refractivity contribution is 6.02. The number of piperazine rings is 1. The third-order valence-electron chi connectivity index (χ3n) is 11.1. The third-order valence-corrected chi connectivity index (χ3v) is 11.1. The zero-order chi connectivity index (χ0) is 39.4. The van der Waals surface area contributed by atoms with Crippen molar-refractivity contribution in [1.82, 2.24) is 24.8 Å². The molecule has 0 spiro atoms. The maximum atomic E-state index is 16.0. The number of rotatable bonds is 7. The minimum Gasteiger partial charge on any atom is -0.508 e. The van der Waals surface area contributed by atoms with Gasteiger partial charge in [0.1, 0.15) is 29.3 Å². The molecule has 0 radical (unpaired) electrons. The van der Waals surface area contributed by atoms with Crippen molar-refractivity contribution >= 4 is 39.9 Å². The van der Waals surface area contributed by atoms with Crippen LogP contribution in [0.3, 0.4) is 0 Å². The lowest BCUT2D eigenvalue weighted by Gasteiger charge is -2.39. The Hall–Kier alpha value is -5.20. The molecule has 4 fully saturated rings. The average molecular weight is 763 g/mol. The second kappa shape index (κ2) is 16.7. The highest BCUT2D eigenvalue weighted by atomic mass is 19.1. The molecule has 2 aromatic carbocycles. The standard InChI is InChI=1S/C26H21F2N5O2.C8H14FN.C6H10O4/c1-3-17-20(27)7-4-13-8-16(34)9-18(21(13)17)23-22(28)24-19(10-29-23)25(31-26(35)30-24)33-11-14-5-6-15(12-33)32(14)2;1-8-3-2-4-10(8)6-7(9)5-8;1-2-3-6(8)10-5-9-4-7/h1,4,7-10,14-15,34H,5-6,11-12H2,2H3,(H,30,31,35);7H,2-6H2,1H3;4H,2-3,5H2,1H3/t;7-,8+;/m.1./s1. The van der Waals surface area contributed by atoms with Gasteiger partial charge in [-0.15, -0.1) is 6.42 Å². The van der Waals surface area contributed by atoms with E-state index < -0.39 is 23.5 Å². The van der Waals surface area contributed by atoms with Crippen molar-refractivity contribution in [3.05, 3.63) is 58.1 Å². The van der Waals surface area contributed by atoms with Crippen molar-refractivity contribution in [3.8, 4) is 29.4 Å². The lowest BCUT2D eigenvalue weighted by Crippen LogP contribution is -2.52. The quantitative estimate of drug-likeness (QED) is 0.0819. The first-order chi connectivity index (χ1) is 26.4. The van der Waals surface area contributed by atoms with Crippen LogP contribution in [0.1, 0.15) is 64.4 Å². The van der Waals surface area contributed by atoms with Crippen molar-refractivity contribution in [1.29, 1.82) is 0 Å². The number of phenolic OH excluding ortho intramolecular Hbond substituents is 1. The van der Waals surface area contributed by atoms with E-state index in [0.29, 0.717) is 54.7 Å². The molecule has 15 heteroatoms. The van der Waals surface area contributed by atoms with E-state index in [9.17, 15) is 28.3 Å². The first-order valence-electron chi connectivity index (χ1n) is 18.4. The van der Waals surface area contributed by atoms with Crippen LogP contribution >= 0.6 is 0 Å². The fourth-order valence-corrected chi connectivity index (χ4v) is 8.34. The number of aromatic hydroxyl groups is 1. The van der Waals surface area contributed by atoms with Crippen molar-refractivity contribution < 1.29 is 37.3 Å². The van der Waals surface area contributed by atoms with E-state index in [2.05, 4.69) is 54.1 Å². The van der Waals surface area contributed by atoms with Gasteiger partial charge in [-0.1, -0.05) is 18.9 Å². The number of alkyl halides is 1. The van der Waals surface area contributed by atoms with E-state index in [1.54, 1.807) is 0 Å². The summed E-state index contributed by atoms with van der Waals surface area (Å²) < 4.78 is 51.9. The lowest BCUT2D eigenvalue weighted by atomic mass is 9.96.